The molecule has 3 fully saturated rings. The number of likely N-dealkylation sites (tertiary alicyclic amines) is 1. The number of sulfonamides is 1. The van der Waals surface area contributed by atoms with Crippen molar-refractivity contribution in [3.63, 3.8) is 0 Å². The molecule has 7 rings (SSSR count). The molecule has 4 aromatic rings. The van der Waals surface area contributed by atoms with Gasteiger partial charge < -0.3 is 29.7 Å². The van der Waals surface area contributed by atoms with Crippen LogP contribution in [0, 0.1) is 11.3 Å². The number of fused-ring (bicyclic) bond motifs is 1. The number of pyridine rings is 2. The zero-order valence-corrected chi connectivity index (χ0v) is 38.3. The van der Waals surface area contributed by atoms with Crippen molar-refractivity contribution in [2.75, 3.05) is 13.7 Å². The quantitative estimate of drug-likeness (QED) is 0.114. The van der Waals surface area contributed by atoms with Crippen LogP contribution >= 0.6 is 0 Å². The van der Waals surface area contributed by atoms with Crippen LogP contribution in [0.3, 0.4) is 0 Å². The summed E-state index contributed by atoms with van der Waals surface area (Å²) in [5, 5.41) is 6.26. The SMILES string of the molecule is C=CC1CC1(NC(=O)C1CC(Oc2cc(-c3ccccn3)nc3cc(OC)ccc23)CN1C(=O)C(NC(=O)OC(C)(C)C)C(C)(C)C)C(=O)NS(=O)(=O)C1(CCc2ccccc2)CC1. The minimum Gasteiger partial charge on any atom is -0.497 e. The van der Waals surface area contributed by atoms with Gasteiger partial charge >= 0.3 is 6.09 Å². The van der Waals surface area contributed by atoms with Crippen molar-refractivity contribution >= 4 is 44.7 Å². The molecule has 2 saturated carbocycles. The predicted octanol–water partition coefficient (Wildman–Crippen LogP) is 6.27. The minimum atomic E-state index is -4.15. The third kappa shape index (κ3) is 9.86. The Labute approximate surface area is 374 Å². The van der Waals surface area contributed by atoms with E-state index in [2.05, 4.69) is 26.9 Å². The number of methoxy groups -OCH3 is 1. The van der Waals surface area contributed by atoms with E-state index in [4.69, 9.17) is 19.2 Å². The van der Waals surface area contributed by atoms with Gasteiger partial charge in [0.1, 0.15) is 40.8 Å². The maximum atomic E-state index is 14.8. The van der Waals surface area contributed by atoms with Crippen molar-refractivity contribution in [1.82, 2.24) is 30.2 Å². The molecule has 16 heteroatoms. The summed E-state index contributed by atoms with van der Waals surface area (Å²) in [6.07, 6.45) is 3.34. The number of aromatic nitrogens is 2. The molecule has 2 aliphatic carbocycles. The largest absolute Gasteiger partial charge is 0.497 e. The minimum absolute atomic E-state index is 0.0168. The van der Waals surface area contributed by atoms with Gasteiger partial charge in [-0.1, -0.05) is 63.2 Å². The molecule has 0 radical (unpaired) electrons. The van der Waals surface area contributed by atoms with Crippen molar-refractivity contribution in [3.05, 3.63) is 97.2 Å². The summed E-state index contributed by atoms with van der Waals surface area (Å²) < 4.78 is 46.8. The van der Waals surface area contributed by atoms with Crippen molar-refractivity contribution in [2.45, 2.75) is 114 Å². The number of nitrogens with one attached hydrogen (secondary N) is 3. The van der Waals surface area contributed by atoms with Crippen LogP contribution in [0.25, 0.3) is 22.3 Å². The Morgan fingerprint density at radius 1 is 0.969 bits per heavy atom. The Hall–Kier alpha value is -6.03. The molecule has 15 nitrogen and oxygen atoms in total. The molecular formula is C48H58N6O9S. The molecule has 0 spiro atoms. The molecule has 4 amide bonds. The Morgan fingerprint density at radius 2 is 1.69 bits per heavy atom. The summed E-state index contributed by atoms with van der Waals surface area (Å²) in [7, 11) is -2.60. The number of alkyl carbamates (subject to hydrolysis) is 1. The zero-order valence-electron chi connectivity index (χ0n) is 37.5. The van der Waals surface area contributed by atoms with Gasteiger partial charge in [0.2, 0.25) is 21.8 Å². The fraction of sp³-hybridized carbons (Fsp3) is 0.458. The van der Waals surface area contributed by atoms with Gasteiger partial charge in [0.05, 0.1) is 35.3 Å². The van der Waals surface area contributed by atoms with Gasteiger partial charge in [0, 0.05) is 36.1 Å². The third-order valence-electron chi connectivity index (χ3n) is 12.2. The summed E-state index contributed by atoms with van der Waals surface area (Å²) in [5.74, 6) is -1.71. The normalized spacial score (nSPS) is 21.9. The maximum absolute atomic E-state index is 14.8. The van der Waals surface area contributed by atoms with Crippen LogP contribution in [0.15, 0.2) is 91.6 Å². The molecule has 5 unspecified atom stereocenters. The highest BCUT2D eigenvalue weighted by molar-refractivity contribution is 7.91. The number of carbonyl (C=O) groups excluding carboxylic acids is 4. The van der Waals surface area contributed by atoms with E-state index in [-0.39, 0.29) is 19.4 Å². The summed E-state index contributed by atoms with van der Waals surface area (Å²) in [5.41, 5.74) is -0.679. The number of amides is 4. The second-order valence-corrected chi connectivity index (χ2v) is 21.2. The van der Waals surface area contributed by atoms with E-state index in [1.807, 2.05) is 48.5 Å². The van der Waals surface area contributed by atoms with Crippen molar-refractivity contribution in [2.24, 2.45) is 11.3 Å². The van der Waals surface area contributed by atoms with Crippen LogP contribution in [0.2, 0.25) is 0 Å². The van der Waals surface area contributed by atoms with Gasteiger partial charge in [-0.25, -0.2) is 18.2 Å². The van der Waals surface area contributed by atoms with E-state index in [9.17, 15) is 27.6 Å². The Kier molecular flexibility index (Phi) is 12.6. The van der Waals surface area contributed by atoms with E-state index in [0.29, 0.717) is 59.5 Å². The zero-order chi connectivity index (χ0) is 46.2. The van der Waals surface area contributed by atoms with Crippen LogP contribution in [-0.2, 0) is 35.6 Å². The second kappa shape index (κ2) is 17.5. The number of carbonyl (C=O) groups is 4. The highest BCUT2D eigenvalue weighted by atomic mass is 32.2. The van der Waals surface area contributed by atoms with Gasteiger partial charge in [-0.15, -0.1) is 6.58 Å². The van der Waals surface area contributed by atoms with Crippen LogP contribution in [0.1, 0.15) is 79.2 Å². The number of hydrogen-bond acceptors (Lipinski definition) is 11. The lowest BCUT2D eigenvalue weighted by Crippen LogP contribution is -2.60. The highest BCUT2D eigenvalue weighted by Gasteiger charge is 2.63. The van der Waals surface area contributed by atoms with Gasteiger partial charge in [-0.05, 0) is 88.1 Å². The van der Waals surface area contributed by atoms with Crippen molar-refractivity contribution < 1.29 is 41.8 Å². The third-order valence-corrected chi connectivity index (χ3v) is 14.4. The number of benzene rings is 2. The van der Waals surface area contributed by atoms with Crippen molar-refractivity contribution in [3.8, 4) is 22.9 Å². The van der Waals surface area contributed by atoms with Crippen molar-refractivity contribution in [1.29, 1.82) is 0 Å². The van der Waals surface area contributed by atoms with Crippen LogP contribution in [0.5, 0.6) is 11.5 Å². The number of hydrogen-bond donors (Lipinski definition) is 3. The summed E-state index contributed by atoms with van der Waals surface area (Å²) in [6.45, 7) is 14.3. The number of rotatable bonds is 15. The second-order valence-electron chi connectivity index (χ2n) is 19.1. The first-order chi connectivity index (χ1) is 30.2. The molecule has 3 heterocycles. The van der Waals surface area contributed by atoms with Gasteiger partial charge in [-0.2, -0.15) is 0 Å². The van der Waals surface area contributed by atoms with Gasteiger partial charge in [0.25, 0.3) is 5.91 Å². The monoisotopic (exact) mass is 894 g/mol. The first kappa shape index (κ1) is 46.0. The van der Waals surface area contributed by atoms with Gasteiger partial charge in [-0.3, -0.25) is 24.1 Å². The molecule has 1 saturated heterocycles. The molecule has 3 N–H and O–H groups in total. The summed E-state index contributed by atoms with van der Waals surface area (Å²) in [4.78, 5) is 67.6. The number of aryl methyl sites for hydroxylation is 1. The summed E-state index contributed by atoms with van der Waals surface area (Å²) in [6, 6.07) is 19.8. The van der Waals surface area contributed by atoms with E-state index in [1.165, 1.54) is 11.0 Å². The van der Waals surface area contributed by atoms with E-state index in [0.717, 1.165) is 5.56 Å². The van der Waals surface area contributed by atoms with Crippen LogP contribution in [0.4, 0.5) is 4.79 Å². The lowest BCUT2D eigenvalue weighted by atomic mass is 9.85. The predicted molar refractivity (Wildman–Crippen MR) is 242 cm³/mol. The van der Waals surface area contributed by atoms with Crippen LogP contribution in [-0.4, -0.2) is 94.8 Å². The fourth-order valence-electron chi connectivity index (χ4n) is 8.31. The Morgan fingerprint density at radius 3 is 2.30 bits per heavy atom. The first-order valence-corrected chi connectivity index (χ1v) is 23.1. The lowest BCUT2D eigenvalue weighted by Gasteiger charge is -2.36. The Balaban J connectivity index is 1.18. The maximum Gasteiger partial charge on any atom is 0.408 e. The Bertz CT molecular complexity index is 2540. The molecule has 2 aromatic heterocycles. The fourth-order valence-corrected chi connectivity index (χ4v) is 9.96. The molecule has 2 aromatic carbocycles. The van der Waals surface area contributed by atoms with E-state index >= 15 is 0 Å². The molecule has 340 valence electrons. The standard InChI is InChI=1S/C48H58N6O9S/c1-9-31-28-48(31,43(57)53-64(59,60)47(22-23-47)21-20-30-15-11-10-12-16-30)52-41(55)38-26-33(29-54(38)42(56)40(45(2,3)4)51-44(58)63-46(5,6)7)62-39-27-37(35-17-13-14-24-49-35)50-36-25-32(61-8)18-19-34(36)39/h9-19,24-25,27,31,33,38,40H,1,20-23,26,28-29H2,2-8H3,(H,51,58)(H,52,55)(H,53,57). The smallest absolute Gasteiger partial charge is 0.408 e. The molecule has 5 atom stereocenters. The summed E-state index contributed by atoms with van der Waals surface area (Å²) >= 11 is 0. The topological polar surface area (TPSA) is 195 Å². The average Bonchev–Trinajstić information content (AvgIpc) is 4.15. The lowest BCUT2D eigenvalue weighted by molar-refractivity contribution is -0.143. The molecule has 64 heavy (non-hydrogen) atoms. The highest BCUT2D eigenvalue weighted by Crippen LogP contribution is 2.49. The van der Waals surface area contributed by atoms with Crippen LogP contribution < -0.4 is 24.8 Å². The average molecular weight is 895 g/mol. The molecule has 3 aliphatic rings. The molecule has 1 aliphatic heterocycles. The number of ether oxygens (including phenoxy) is 3. The van der Waals surface area contributed by atoms with E-state index < -0.39 is 79.2 Å². The van der Waals surface area contributed by atoms with Gasteiger partial charge in [0.15, 0.2) is 0 Å². The number of nitrogens with zero attached hydrogens (tertiary/aromatic N) is 3. The van der Waals surface area contributed by atoms with E-state index in [1.54, 1.807) is 79.1 Å². The molecular weight excluding hydrogens is 837 g/mol. The first-order valence-electron chi connectivity index (χ1n) is 21.6. The molecule has 0 bridgehead atoms.